The van der Waals surface area contributed by atoms with Crippen LogP contribution in [0.15, 0.2) is 28.7 Å². The third-order valence-corrected chi connectivity index (χ3v) is 3.34. The molecule has 1 amide bonds. The second-order valence-electron chi connectivity index (χ2n) is 4.85. The van der Waals surface area contributed by atoms with Gasteiger partial charge in [0, 0.05) is 24.5 Å². The molecule has 1 aromatic heterocycles. The second-order valence-corrected chi connectivity index (χ2v) is 4.85. The molecule has 0 saturated heterocycles. The first-order valence-corrected chi connectivity index (χ1v) is 6.80. The molecule has 22 heavy (non-hydrogen) atoms. The fourth-order valence-electron chi connectivity index (χ4n) is 2.01. The fourth-order valence-corrected chi connectivity index (χ4v) is 2.01. The highest BCUT2D eigenvalue weighted by Gasteiger charge is 2.20. The van der Waals surface area contributed by atoms with Crippen LogP contribution < -0.4 is 0 Å². The first-order valence-electron chi connectivity index (χ1n) is 6.80. The van der Waals surface area contributed by atoms with Crippen LogP contribution in [-0.4, -0.2) is 37.0 Å². The Balaban J connectivity index is 2.01. The summed E-state index contributed by atoms with van der Waals surface area (Å²) in [6.07, 6.45) is 0.235. The number of hydrogen-bond donors (Lipinski definition) is 0. The lowest BCUT2D eigenvalue weighted by Crippen LogP contribution is -2.31. The number of carbonyl (C=O) groups is 2. The van der Waals surface area contributed by atoms with E-state index in [1.54, 1.807) is 20.0 Å². The number of benzene rings is 1. The summed E-state index contributed by atoms with van der Waals surface area (Å²) in [4.78, 5) is 25.1. The van der Waals surface area contributed by atoms with Crippen molar-refractivity contribution < 1.29 is 18.7 Å². The highest BCUT2D eigenvalue weighted by molar-refractivity contribution is 5.96. The van der Waals surface area contributed by atoms with E-state index >= 15 is 0 Å². The Bertz CT molecular complexity index is 742. The monoisotopic (exact) mass is 300 g/mol. The average molecular weight is 300 g/mol. The Kier molecular flexibility index (Phi) is 4.79. The van der Waals surface area contributed by atoms with Gasteiger partial charge in [-0.2, -0.15) is 5.26 Å². The second kappa shape index (κ2) is 6.76. The van der Waals surface area contributed by atoms with Gasteiger partial charge < -0.3 is 14.1 Å². The molecule has 0 radical (unpaired) electrons. The van der Waals surface area contributed by atoms with Crippen LogP contribution in [0.1, 0.15) is 22.5 Å². The summed E-state index contributed by atoms with van der Waals surface area (Å²) in [6.45, 7) is 1.69. The van der Waals surface area contributed by atoms with Gasteiger partial charge in [0.15, 0.2) is 6.61 Å². The van der Waals surface area contributed by atoms with E-state index in [0.717, 1.165) is 5.39 Å². The minimum Gasteiger partial charge on any atom is -0.450 e. The van der Waals surface area contributed by atoms with Crippen molar-refractivity contribution in [3.63, 3.8) is 0 Å². The number of furan rings is 1. The lowest BCUT2D eigenvalue weighted by atomic mass is 10.1. The number of para-hydroxylation sites is 1. The zero-order valence-electron chi connectivity index (χ0n) is 12.5. The molecule has 6 nitrogen and oxygen atoms in total. The van der Waals surface area contributed by atoms with Crippen LogP contribution in [-0.2, 0) is 9.53 Å². The maximum absolute atomic E-state index is 12.0. The SMILES string of the molecule is Cc1c(C(=O)OCC(=O)N(C)CCC#N)oc2ccccc12. The topological polar surface area (TPSA) is 83.5 Å². The van der Waals surface area contributed by atoms with Gasteiger partial charge in [-0.05, 0) is 13.0 Å². The Morgan fingerprint density at radius 2 is 2.09 bits per heavy atom. The highest BCUT2D eigenvalue weighted by atomic mass is 16.5. The number of nitrogens with zero attached hydrogens (tertiary/aromatic N) is 2. The summed E-state index contributed by atoms with van der Waals surface area (Å²) in [5, 5.41) is 9.32. The molecule has 6 heteroatoms. The van der Waals surface area contributed by atoms with E-state index in [-0.39, 0.29) is 24.7 Å². The number of carbonyl (C=O) groups excluding carboxylic acids is 2. The summed E-state index contributed by atoms with van der Waals surface area (Å²) in [7, 11) is 1.56. The van der Waals surface area contributed by atoms with Crippen molar-refractivity contribution >= 4 is 22.8 Å². The van der Waals surface area contributed by atoms with E-state index in [1.807, 2.05) is 24.3 Å². The van der Waals surface area contributed by atoms with Gasteiger partial charge in [0.1, 0.15) is 5.58 Å². The third kappa shape index (κ3) is 3.26. The number of aryl methyl sites for hydroxylation is 1. The Labute approximate surface area is 127 Å². The van der Waals surface area contributed by atoms with Gasteiger partial charge in [-0.15, -0.1) is 0 Å². The minimum atomic E-state index is -0.671. The first kappa shape index (κ1) is 15.6. The molecular formula is C16H16N2O4. The zero-order chi connectivity index (χ0) is 16.1. The molecule has 0 fully saturated rings. The lowest BCUT2D eigenvalue weighted by Gasteiger charge is -2.14. The number of esters is 1. The van der Waals surface area contributed by atoms with Gasteiger partial charge >= 0.3 is 5.97 Å². The normalized spacial score (nSPS) is 10.2. The number of rotatable bonds is 5. The van der Waals surface area contributed by atoms with E-state index in [4.69, 9.17) is 14.4 Å². The first-order chi connectivity index (χ1) is 10.5. The average Bonchev–Trinajstić information content (AvgIpc) is 2.87. The number of ether oxygens (including phenoxy) is 1. The van der Waals surface area contributed by atoms with E-state index in [0.29, 0.717) is 17.7 Å². The largest absolute Gasteiger partial charge is 0.450 e. The van der Waals surface area contributed by atoms with Crippen molar-refractivity contribution in [2.45, 2.75) is 13.3 Å². The molecule has 0 saturated carbocycles. The smallest absolute Gasteiger partial charge is 0.375 e. The predicted molar refractivity (Wildman–Crippen MR) is 79.1 cm³/mol. The van der Waals surface area contributed by atoms with Gasteiger partial charge in [-0.1, -0.05) is 18.2 Å². The summed E-state index contributed by atoms with van der Waals surface area (Å²) >= 11 is 0. The standard InChI is InChI=1S/C16H16N2O4/c1-11-12-6-3-4-7-13(12)22-15(11)16(20)21-10-14(19)18(2)9-5-8-17/h3-4,6-7H,5,9-10H2,1-2H3. The maximum Gasteiger partial charge on any atom is 0.375 e. The van der Waals surface area contributed by atoms with Crippen molar-refractivity contribution in [2.24, 2.45) is 0 Å². The van der Waals surface area contributed by atoms with Gasteiger partial charge in [0.2, 0.25) is 5.76 Å². The van der Waals surface area contributed by atoms with Crippen LogP contribution >= 0.6 is 0 Å². The van der Waals surface area contributed by atoms with Crippen LogP contribution in [0.5, 0.6) is 0 Å². The van der Waals surface area contributed by atoms with Gasteiger partial charge in [0.05, 0.1) is 12.5 Å². The van der Waals surface area contributed by atoms with Crippen molar-refractivity contribution in [3.05, 3.63) is 35.6 Å². The van der Waals surface area contributed by atoms with Gasteiger partial charge in [-0.3, -0.25) is 4.79 Å². The quantitative estimate of drug-likeness (QED) is 0.791. The van der Waals surface area contributed by atoms with Crippen molar-refractivity contribution in [3.8, 4) is 6.07 Å². The zero-order valence-corrected chi connectivity index (χ0v) is 12.5. The molecule has 2 aromatic rings. The van der Waals surface area contributed by atoms with Gasteiger partial charge in [0.25, 0.3) is 5.91 Å². The molecule has 0 N–H and O–H groups in total. The summed E-state index contributed by atoms with van der Waals surface area (Å²) < 4.78 is 10.5. The molecule has 0 aliphatic carbocycles. The number of nitriles is 1. The summed E-state index contributed by atoms with van der Waals surface area (Å²) in [5.74, 6) is -0.929. The van der Waals surface area contributed by atoms with E-state index in [9.17, 15) is 9.59 Å². The maximum atomic E-state index is 12.0. The lowest BCUT2D eigenvalue weighted by molar-refractivity contribution is -0.133. The van der Waals surface area contributed by atoms with E-state index in [2.05, 4.69) is 0 Å². The summed E-state index contributed by atoms with van der Waals surface area (Å²) in [5.41, 5.74) is 1.29. The molecule has 0 atom stereocenters. The Morgan fingerprint density at radius 3 is 2.77 bits per heavy atom. The van der Waals surface area contributed by atoms with Crippen LogP contribution in [0, 0.1) is 18.3 Å². The molecule has 0 aliphatic heterocycles. The molecular weight excluding hydrogens is 284 g/mol. The number of amides is 1. The Hall–Kier alpha value is -2.81. The van der Waals surface area contributed by atoms with Crippen molar-refractivity contribution in [2.75, 3.05) is 20.2 Å². The van der Waals surface area contributed by atoms with Crippen LogP contribution in [0.3, 0.4) is 0 Å². The molecule has 114 valence electrons. The molecule has 0 spiro atoms. The number of likely N-dealkylation sites (N-methyl/N-ethyl adjacent to an activating group) is 1. The van der Waals surface area contributed by atoms with Crippen molar-refractivity contribution in [1.29, 1.82) is 5.26 Å². The highest BCUT2D eigenvalue weighted by Crippen LogP contribution is 2.25. The summed E-state index contributed by atoms with van der Waals surface area (Å²) in [6, 6.07) is 9.24. The van der Waals surface area contributed by atoms with E-state index in [1.165, 1.54) is 4.90 Å². The minimum absolute atomic E-state index is 0.105. The molecule has 1 heterocycles. The van der Waals surface area contributed by atoms with Crippen LogP contribution in [0.2, 0.25) is 0 Å². The van der Waals surface area contributed by atoms with Crippen LogP contribution in [0.4, 0.5) is 0 Å². The van der Waals surface area contributed by atoms with Crippen LogP contribution in [0.25, 0.3) is 11.0 Å². The third-order valence-electron chi connectivity index (χ3n) is 3.34. The Morgan fingerprint density at radius 1 is 1.36 bits per heavy atom. The molecule has 2 rings (SSSR count). The molecule has 0 aliphatic rings. The van der Waals surface area contributed by atoms with E-state index < -0.39 is 5.97 Å². The number of fused-ring (bicyclic) bond motifs is 1. The predicted octanol–water partition coefficient (Wildman–Crippen LogP) is 2.27. The fraction of sp³-hybridized carbons (Fsp3) is 0.312. The van der Waals surface area contributed by atoms with Gasteiger partial charge in [-0.25, -0.2) is 4.79 Å². The molecule has 0 bridgehead atoms. The molecule has 0 unspecified atom stereocenters. The van der Waals surface area contributed by atoms with Crippen molar-refractivity contribution in [1.82, 2.24) is 4.90 Å². The molecule has 1 aromatic carbocycles. The number of hydrogen-bond acceptors (Lipinski definition) is 5.